The maximum Gasteiger partial charge on any atom is 0.251 e. The molecule has 0 saturated heterocycles. The normalized spacial score (nSPS) is 10.7. The Hall–Kier alpha value is -2.68. The molecule has 10 heteroatoms. The van der Waals surface area contributed by atoms with Crippen LogP contribution in [0.5, 0.6) is 0 Å². The van der Waals surface area contributed by atoms with Crippen LogP contribution >= 0.6 is 35.4 Å². The maximum absolute atomic E-state index is 12.5. The predicted octanol–water partition coefficient (Wildman–Crippen LogP) is 4.62. The molecule has 1 aromatic heterocycles. The molecule has 2 aromatic carbocycles. The maximum atomic E-state index is 12.5. The summed E-state index contributed by atoms with van der Waals surface area (Å²) in [5.74, 6) is 0.0375. The largest absolute Gasteiger partial charge is 0.345 e. The van der Waals surface area contributed by atoms with Crippen LogP contribution in [0.15, 0.2) is 42.5 Å². The fourth-order valence-electron chi connectivity index (χ4n) is 3.08. The number of hydrogen-bond donors (Lipinski definition) is 2. The topological polar surface area (TPSA) is 81.0 Å². The highest BCUT2D eigenvalue weighted by Crippen LogP contribution is 2.22. The van der Waals surface area contributed by atoms with E-state index >= 15 is 0 Å². The molecule has 2 amide bonds. The molecule has 0 atom stereocenters. The third-order valence-corrected chi connectivity index (χ3v) is 5.42. The van der Waals surface area contributed by atoms with E-state index in [9.17, 15) is 9.59 Å². The van der Waals surface area contributed by atoms with Crippen molar-refractivity contribution >= 4 is 52.9 Å². The summed E-state index contributed by atoms with van der Waals surface area (Å²) in [5, 5.41) is 10.9. The summed E-state index contributed by atoms with van der Waals surface area (Å²) in [6.45, 7) is 4.45. The van der Waals surface area contributed by atoms with Crippen LogP contribution in [0.2, 0.25) is 10.0 Å². The van der Waals surface area contributed by atoms with E-state index in [0.717, 1.165) is 5.56 Å². The molecule has 0 unspecified atom stereocenters. The molecule has 0 fully saturated rings. The van der Waals surface area contributed by atoms with Gasteiger partial charge in [0.15, 0.2) is 10.6 Å². The fourth-order valence-corrected chi connectivity index (χ4v) is 3.95. The first kappa shape index (κ1) is 23.0. The molecule has 1 heterocycles. The molecular weight excluding hydrogens is 457 g/mol. The van der Waals surface area contributed by atoms with E-state index in [-0.39, 0.29) is 24.9 Å². The first-order valence-electron chi connectivity index (χ1n) is 9.54. The summed E-state index contributed by atoms with van der Waals surface area (Å²) in [4.78, 5) is 25.0. The number of nitrogens with one attached hydrogen (secondary N) is 2. The first-order chi connectivity index (χ1) is 14.8. The zero-order valence-corrected chi connectivity index (χ0v) is 19.3. The molecule has 3 rings (SSSR count). The lowest BCUT2D eigenvalue weighted by Crippen LogP contribution is -2.25. The van der Waals surface area contributed by atoms with E-state index in [0.29, 0.717) is 38.4 Å². The number of rotatable bonds is 7. The van der Waals surface area contributed by atoms with Crippen molar-refractivity contribution < 1.29 is 9.59 Å². The number of carbonyl (C=O) groups is 2. The minimum absolute atomic E-state index is 0.0886. The van der Waals surface area contributed by atoms with E-state index in [1.54, 1.807) is 28.8 Å². The number of aromatic nitrogens is 3. The van der Waals surface area contributed by atoms with Crippen molar-refractivity contribution in [3.63, 3.8) is 0 Å². The number of benzene rings is 2. The molecule has 0 saturated carbocycles. The minimum atomic E-state index is -0.328. The Morgan fingerprint density at radius 1 is 1.13 bits per heavy atom. The third-order valence-electron chi connectivity index (χ3n) is 4.55. The summed E-state index contributed by atoms with van der Waals surface area (Å²) >= 11 is 17.4. The van der Waals surface area contributed by atoms with Gasteiger partial charge >= 0.3 is 0 Å². The SMILES string of the molecule is CCn1c(CNC(=O)c2ccccc2C)nn(CC(=O)Nc2cc(Cl)cc(Cl)c2)c1=S. The van der Waals surface area contributed by atoms with Gasteiger partial charge in [-0.3, -0.25) is 9.59 Å². The van der Waals surface area contributed by atoms with Crippen LogP contribution < -0.4 is 10.6 Å². The molecule has 7 nitrogen and oxygen atoms in total. The molecule has 0 spiro atoms. The van der Waals surface area contributed by atoms with Crippen molar-refractivity contribution in [3.8, 4) is 0 Å². The number of amides is 2. The van der Waals surface area contributed by atoms with E-state index in [2.05, 4.69) is 15.7 Å². The quantitative estimate of drug-likeness (QED) is 0.486. The zero-order chi connectivity index (χ0) is 22.5. The number of carbonyl (C=O) groups excluding carboxylic acids is 2. The highest BCUT2D eigenvalue weighted by molar-refractivity contribution is 7.71. The number of nitrogens with zero attached hydrogens (tertiary/aromatic N) is 3. The van der Waals surface area contributed by atoms with Crippen molar-refractivity contribution in [2.45, 2.75) is 33.5 Å². The van der Waals surface area contributed by atoms with Gasteiger partial charge in [0.1, 0.15) is 6.54 Å². The second-order valence-electron chi connectivity index (χ2n) is 6.80. The molecule has 2 N–H and O–H groups in total. The predicted molar refractivity (Wildman–Crippen MR) is 124 cm³/mol. The van der Waals surface area contributed by atoms with Crippen LogP contribution in [0.4, 0.5) is 5.69 Å². The fraction of sp³-hybridized carbons (Fsp3) is 0.238. The molecule has 0 bridgehead atoms. The molecule has 0 aliphatic carbocycles. The van der Waals surface area contributed by atoms with Crippen LogP contribution in [-0.4, -0.2) is 26.2 Å². The molecule has 3 aromatic rings. The van der Waals surface area contributed by atoms with Crippen LogP contribution in [0.3, 0.4) is 0 Å². The van der Waals surface area contributed by atoms with Crippen molar-refractivity contribution in [1.29, 1.82) is 0 Å². The van der Waals surface area contributed by atoms with Crippen LogP contribution in [0.25, 0.3) is 0 Å². The van der Waals surface area contributed by atoms with Gasteiger partial charge in [0.2, 0.25) is 5.91 Å². The Kier molecular flexibility index (Phi) is 7.48. The molecule has 0 radical (unpaired) electrons. The van der Waals surface area contributed by atoms with Gasteiger partial charge in [-0.15, -0.1) is 0 Å². The highest BCUT2D eigenvalue weighted by atomic mass is 35.5. The van der Waals surface area contributed by atoms with E-state index in [4.69, 9.17) is 35.4 Å². The lowest BCUT2D eigenvalue weighted by molar-refractivity contribution is -0.116. The number of halogens is 2. The standard InChI is InChI=1S/C21H21Cl2N5O2S/c1-3-27-18(11-24-20(30)17-7-5-4-6-13(17)2)26-28(21(27)31)12-19(29)25-16-9-14(22)8-15(23)10-16/h4-10H,3,11-12H2,1-2H3,(H,24,30)(H,25,29). The Labute approximate surface area is 195 Å². The van der Waals surface area contributed by atoms with E-state index < -0.39 is 0 Å². The van der Waals surface area contributed by atoms with Crippen molar-refractivity contribution in [1.82, 2.24) is 19.7 Å². The van der Waals surface area contributed by atoms with Gasteiger partial charge in [-0.25, -0.2) is 4.68 Å². The smallest absolute Gasteiger partial charge is 0.251 e. The third kappa shape index (κ3) is 5.72. The lowest BCUT2D eigenvalue weighted by Gasteiger charge is -2.07. The first-order valence-corrected chi connectivity index (χ1v) is 10.7. The highest BCUT2D eigenvalue weighted by Gasteiger charge is 2.15. The van der Waals surface area contributed by atoms with E-state index in [1.807, 2.05) is 32.0 Å². The lowest BCUT2D eigenvalue weighted by atomic mass is 10.1. The Morgan fingerprint density at radius 3 is 2.45 bits per heavy atom. The van der Waals surface area contributed by atoms with Gasteiger partial charge in [0, 0.05) is 27.8 Å². The van der Waals surface area contributed by atoms with Gasteiger partial charge in [-0.2, -0.15) is 5.10 Å². The van der Waals surface area contributed by atoms with E-state index in [1.165, 1.54) is 4.68 Å². The molecule has 0 aliphatic heterocycles. The number of hydrogen-bond acceptors (Lipinski definition) is 4. The average molecular weight is 478 g/mol. The van der Waals surface area contributed by atoms with Gasteiger partial charge in [0.05, 0.1) is 6.54 Å². The Balaban J connectivity index is 1.71. The van der Waals surface area contributed by atoms with Crippen molar-refractivity contribution in [3.05, 3.63) is 74.2 Å². The van der Waals surface area contributed by atoms with Crippen molar-refractivity contribution in [2.75, 3.05) is 5.32 Å². The van der Waals surface area contributed by atoms with Crippen LogP contribution in [0.1, 0.15) is 28.7 Å². The summed E-state index contributed by atoms with van der Waals surface area (Å²) in [6, 6.07) is 12.1. The van der Waals surface area contributed by atoms with Crippen LogP contribution in [0, 0.1) is 11.7 Å². The second kappa shape index (κ2) is 10.1. The summed E-state index contributed by atoms with van der Waals surface area (Å²) in [7, 11) is 0. The number of anilines is 1. The van der Waals surface area contributed by atoms with Crippen molar-refractivity contribution in [2.24, 2.45) is 0 Å². The summed E-state index contributed by atoms with van der Waals surface area (Å²) in [5.41, 5.74) is 1.97. The second-order valence-corrected chi connectivity index (χ2v) is 8.04. The monoisotopic (exact) mass is 477 g/mol. The minimum Gasteiger partial charge on any atom is -0.345 e. The van der Waals surface area contributed by atoms with Gasteiger partial charge in [-0.05, 0) is 55.9 Å². The molecule has 0 aliphatic rings. The Morgan fingerprint density at radius 2 is 1.81 bits per heavy atom. The molecule has 31 heavy (non-hydrogen) atoms. The molecule has 162 valence electrons. The van der Waals surface area contributed by atoms with Gasteiger partial charge in [0.25, 0.3) is 5.91 Å². The number of aryl methyl sites for hydroxylation is 1. The Bertz CT molecular complexity index is 1170. The summed E-state index contributed by atoms with van der Waals surface area (Å²) < 4.78 is 3.59. The summed E-state index contributed by atoms with van der Waals surface area (Å²) in [6.07, 6.45) is 0. The van der Waals surface area contributed by atoms with Gasteiger partial charge in [-0.1, -0.05) is 41.4 Å². The van der Waals surface area contributed by atoms with Crippen LogP contribution in [-0.2, 0) is 24.4 Å². The average Bonchev–Trinajstić information content (AvgIpc) is 3.00. The molecular formula is C21H21Cl2N5O2S. The van der Waals surface area contributed by atoms with Gasteiger partial charge < -0.3 is 15.2 Å². The zero-order valence-electron chi connectivity index (χ0n) is 17.0.